The molecule has 0 unspecified atom stereocenters. The number of carboxylic acid groups (broad SMARTS) is 1. The fourth-order valence-electron chi connectivity index (χ4n) is 1.23. The van der Waals surface area contributed by atoms with E-state index in [1.807, 2.05) is 0 Å². The Kier molecular flexibility index (Phi) is 5.07. The predicted molar refractivity (Wildman–Crippen MR) is 62.3 cm³/mol. The molecule has 0 bridgehead atoms. The van der Waals surface area contributed by atoms with Crippen molar-refractivity contribution in [2.45, 2.75) is 6.10 Å². The lowest BCUT2D eigenvalue weighted by Gasteiger charge is -2.15. The highest BCUT2D eigenvalue weighted by Gasteiger charge is 2.18. The smallest absolute Gasteiger partial charge is 0.334 e. The normalized spacial score (nSPS) is 11.7. The molecule has 0 aliphatic heterocycles. The molecule has 2 amide bonds. The van der Waals surface area contributed by atoms with Crippen molar-refractivity contribution in [3.63, 3.8) is 0 Å². The third-order valence-corrected chi connectivity index (χ3v) is 2.24. The zero-order valence-corrected chi connectivity index (χ0v) is 10.2. The number of amides is 2. The Bertz CT molecular complexity index is 456. The van der Waals surface area contributed by atoms with Crippen molar-refractivity contribution in [3.8, 4) is 0 Å². The number of furan rings is 1. The number of carboxylic acids is 1. The van der Waals surface area contributed by atoms with Crippen LogP contribution >= 0.6 is 0 Å². The summed E-state index contributed by atoms with van der Waals surface area (Å²) in [5.74, 6) is -2.39. The summed E-state index contributed by atoms with van der Waals surface area (Å²) in [7, 11) is 1.40. The first kappa shape index (κ1) is 14.7. The van der Waals surface area contributed by atoms with Gasteiger partial charge >= 0.3 is 5.97 Å². The maximum absolute atomic E-state index is 11.7. The van der Waals surface area contributed by atoms with E-state index in [1.54, 1.807) is 6.07 Å². The molecule has 0 radical (unpaired) electrons. The van der Waals surface area contributed by atoms with Crippen molar-refractivity contribution in [3.05, 3.63) is 24.2 Å². The van der Waals surface area contributed by atoms with Crippen molar-refractivity contribution in [1.82, 2.24) is 10.2 Å². The number of nitrogens with zero attached hydrogens (tertiary/aromatic N) is 1. The van der Waals surface area contributed by atoms with E-state index < -0.39 is 30.4 Å². The van der Waals surface area contributed by atoms with E-state index >= 15 is 0 Å². The van der Waals surface area contributed by atoms with Gasteiger partial charge in [-0.1, -0.05) is 0 Å². The van der Waals surface area contributed by atoms with Crippen LogP contribution in [0.3, 0.4) is 0 Å². The maximum atomic E-state index is 11.7. The molecule has 1 aromatic rings. The van der Waals surface area contributed by atoms with E-state index in [0.717, 1.165) is 4.90 Å². The van der Waals surface area contributed by atoms with Crippen LogP contribution < -0.4 is 5.32 Å². The quantitative estimate of drug-likeness (QED) is 0.604. The Balaban J connectivity index is 2.40. The van der Waals surface area contributed by atoms with Gasteiger partial charge in [0.2, 0.25) is 5.91 Å². The summed E-state index contributed by atoms with van der Waals surface area (Å²) in [6.45, 7) is -0.692. The third kappa shape index (κ3) is 4.43. The molecule has 8 heteroatoms. The third-order valence-electron chi connectivity index (χ3n) is 2.24. The number of hydrogen-bond donors (Lipinski definition) is 3. The molecule has 1 atom stereocenters. The molecule has 0 aromatic carbocycles. The topological polar surface area (TPSA) is 120 Å². The minimum Gasteiger partial charge on any atom is -0.479 e. The minimum atomic E-state index is -1.67. The zero-order valence-electron chi connectivity index (χ0n) is 10.2. The monoisotopic (exact) mass is 270 g/mol. The highest BCUT2D eigenvalue weighted by atomic mass is 16.4. The first-order chi connectivity index (χ1) is 8.91. The zero-order chi connectivity index (χ0) is 14.4. The largest absolute Gasteiger partial charge is 0.479 e. The second-order valence-corrected chi connectivity index (χ2v) is 3.80. The highest BCUT2D eigenvalue weighted by molar-refractivity contribution is 5.94. The van der Waals surface area contributed by atoms with E-state index in [0.29, 0.717) is 0 Å². The van der Waals surface area contributed by atoms with Crippen molar-refractivity contribution >= 4 is 17.8 Å². The number of aliphatic hydroxyl groups excluding tert-OH is 1. The maximum Gasteiger partial charge on any atom is 0.334 e. The summed E-state index contributed by atoms with van der Waals surface area (Å²) < 4.78 is 4.89. The summed E-state index contributed by atoms with van der Waals surface area (Å²) in [4.78, 5) is 34.5. The van der Waals surface area contributed by atoms with Gasteiger partial charge in [0.25, 0.3) is 5.91 Å². The summed E-state index contributed by atoms with van der Waals surface area (Å²) in [6, 6.07) is 3.01. The average molecular weight is 270 g/mol. The van der Waals surface area contributed by atoms with Crippen LogP contribution in [0.25, 0.3) is 0 Å². The Morgan fingerprint density at radius 2 is 2.16 bits per heavy atom. The SMILES string of the molecule is CN(CC(=O)NC[C@H](O)C(=O)O)C(=O)c1ccco1. The van der Waals surface area contributed by atoms with Gasteiger partial charge < -0.3 is 24.8 Å². The second-order valence-electron chi connectivity index (χ2n) is 3.80. The van der Waals surface area contributed by atoms with Crippen molar-refractivity contribution in [1.29, 1.82) is 0 Å². The Morgan fingerprint density at radius 1 is 1.47 bits per heavy atom. The molecule has 3 N–H and O–H groups in total. The second kappa shape index (κ2) is 6.55. The van der Waals surface area contributed by atoms with Gasteiger partial charge in [-0.2, -0.15) is 0 Å². The van der Waals surface area contributed by atoms with Crippen LogP contribution in [0, 0.1) is 0 Å². The number of carbonyl (C=O) groups excluding carboxylic acids is 2. The first-order valence-electron chi connectivity index (χ1n) is 5.38. The van der Waals surface area contributed by atoms with Crippen LogP contribution in [0.15, 0.2) is 22.8 Å². The Hall–Kier alpha value is -2.35. The molecule has 1 aromatic heterocycles. The van der Waals surface area contributed by atoms with Gasteiger partial charge in [-0.05, 0) is 12.1 Å². The molecular weight excluding hydrogens is 256 g/mol. The lowest BCUT2D eigenvalue weighted by atomic mass is 10.3. The number of aliphatic carboxylic acids is 1. The van der Waals surface area contributed by atoms with Crippen LogP contribution in [-0.4, -0.2) is 59.1 Å². The van der Waals surface area contributed by atoms with Gasteiger partial charge in [-0.15, -0.1) is 0 Å². The van der Waals surface area contributed by atoms with Gasteiger partial charge in [0, 0.05) is 7.05 Å². The molecule has 0 saturated carbocycles. The molecule has 0 aliphatic carbocycles. The van der Waals surface area contributed by atoms with Gasteiger partial charge in [0.15, 0.2) is 11.9 Å². The van der Waals surface area contributed by atoms with Crippen LogP contribution in [0.5, 0.6) is 0 Å². The number of hydrogen-bond acceptors (Lipinski definition) is 5. The summed E-state index contributed by atoms with van der Waals surface area (Å²) in [6.07, 6.45) is -0.334. The standard InChI is InChI=1S/C11H14N2O6/c1-13(10(16)8-3-2-4-19-8)6-9(15)12-5-7(14)11(17)18/h2-4,7,14H,5-6H2,1H3,(H,12,15)(H,17,18)/t7-/m0/s1. The van der Waals surface area contributed by atoms with Gasteiger partial charge in [-0.25, -0.2) is 4.79 Å². The highest BCUT2D eigenvalue weighted by Crippen LogP contribution is 2.03. The first-order valence-corrected chi connectivity index (χ1v) is 5.38. The lowest BCUT2D eigenvalue weighted by molar-refractivity contribution is -0.146. The van der Waals surface area contributed by atoms with Crippen LogP contribution in [0.1, 0.15) is 10.6 Å². The van der Waals surface area contributed by atoms with Gasteiger partial charge in [0.05, 0.1) is 19.4 Å². The van der Waals surface area contributed by atoms with Crippen molar-refractivity contribution in [2.24, 2.45) is 0 Å². The summed E-state index contributed by atoms with van der Waals surface area (Å²) in [5, 5.41) is 19.6. The fourth-order valence-corrected chi connectivity index (χ4v) is 1.23. The number of nitrogens with one attached hydrogen (secondary N) is 1. The van der Waals surface area contributed by atoms with E-state index in [-0.39, 0.29) is 12.3 Å². The molecule has 1 rings (SSSR count). The molecule has 0 aliphatic rings. The van der Waals surface area contributed by atoms with Crippen LogP contribution in [0.2, 0.25) is 0 Å². The molecule has 19 heavy (non-hydrogen) atoms. The average Bonchev–Trinajstić information content (AvgIpc) is 2.88. The number of likely N-dealkylation sites (N-methyl/N-ethyl adjacent to an activating group) is 1. The summed E-state index contributed by atoms with van der Waals surface area (Å²) in [5.41, 5.74) is 0. The minimum absolute atomic E-state index is 0.0980. The van der Waals surface area contributed by atoms with Crippen LogP contribution in [-0.2, 0) is 9.59 Å². The lowest BCUT2D eigenvalue weighted by Crippen LogP contribution is -2.42. The summed E-state index contributed by atoms with van der Waals surface area (Å²) >= 11 is 0. The molecule has 0 saturated heterocycles. The predicted octanol–water partition coefficient (Wildman–Crippen LogP) is -1.09. The number of aliphatic hydroxyl groups is 1. The van der Waals surface area contributed by atoms with E-state index in [9.17, 15) is 14.4 Å². The molecule has 0 spiro atoms. The molecule has 0 fully saturated rings. The van der Waals surface area contributed by atoms with Crippen molar-refractivity contribution in [2.75, 3.05) is 20.1 Å². The molecular formula is C11H14N2O6. The van der Waals surface area contributed by atoms with Crippen LogP contribution in [0.4, 0.5) is 0 Å². The van der Waals surface area contributed by atoms with Gasteiger partial charge in [0.1, 0.15) is 0 Å². The van der Waals surface area contributed by atoms with E-state index in [2.05, 4.69) is 5.32 Å². The van der Waals surface area contributed by atoms with Crippen molar-refractivity contribution < 1.29 is 29.0 Å². The number of carbonyl (C=O) groups is 3. The number of rotatable bonds is 6. The van der Waals surface area contributed by atoms with E-state index in [4.69, 9.17) is 14.6 Å². The molecule has 104 valence electrons. The Morgan fingerprint density at radius 3 is 2.68 bits per heavy atom. The molecule has 1 heterocycles. The molecule has 8 nitrogen and oxygen atoms in total. The fraction of sp³-hybridized carbons (Fsp3) is 0.364. The Labute approximate surface area is 108 Å². The van der Waals surface area contributed by atoms with Gasteiger partial charge in [-0.3, -0.25) is 9.59 Å². The van der Waals surface area contributed by atoms with E-state index in [1.165, 1.54) is 19.4 Å².